The summed E-state index contributed by atoms with van der Waals surface area (Å²) in [4.78, 5) is 58.8. The van der Waals surface area contributed by atoms with E-state index < -0.39 is 53.5 Å². The molecule has 4 aliphatic rings. The number of allylic oxidation sites excluding steroid dienone is 1. The molecule has 0 radical (unpaired) electrons. The molecule has 7 atom stereocenters. The van der Waals surface area contributed by atoms with Crippen molar-refractivity contribution in [3.05, 3.63) is 60.2 Å². The number of hydrogen-bond donors (Lipinski definition) is 2. The fourth-order valence-corrected chi connectivity index (χ4v) is 7.04. The summed E-state index contributed by atoms with van der Waals surface area (Å²) in [5, 5.41) is 13.5. The number of ether oxygens (including phenoxy) is 2. The monoisotopic (exact) mass is 593 g/mol. The highest BCUT2D eigenvalue weighted by atomic mass is 16.5. The molecule has 5 rings (SSSR count). The first-order valence-corrected chi connectivity index (χ1v) is 15.4. The van der Waals surface area contributed by atoms with Crippen molar-refractivity contribution < 1.29 is 33.8 Å². The summed E-state index contributed by atoms with van der Waals surface area (Å²) >= 11 is 0. The molecule has 4 aliphatic heterocycles. The molecule has 43 heavy (non-hydrogen) atoms. The average Bonchev–Trinajstić information content (AvgIpc) is 3.62. The first kappa shape index (κ1) is 30.9. The Morgan fingerprint density at radius 2 is 1.79 bits per heavy atom. The summed E-state index contributed by atoms with van der Waals surface area (Å²) in [5.74, 6) is -3.17. The molecule has 2 fully saturated rings. The summed E-state index contributed by atoms with van der Waals surface area (Å²) in [6, 6.07) is 6.73. The molecule has 5 bridgehead atoms. The third kappa shape index (κ3) is 5.74. The maximum atomic E-state index is 14.5. The maximum Gasteiger partial charge on any atom is 0.306 e. The van der Waals surface area contributed by atoms with Crippen LogP contribution in [0.1, 0.15) is 58.6 Å². The van der Waals surface area contributed by atoms with Gasteiger partial charge in [-0.15, -0.1) is 0 Å². The van der Waals surface area contributed by atoms with E-state index in [4.69, 9.17) is 9.47 Å². The van der Waals surface area contributed by atoms with Crippen molar-refractivity contribution >= 4 is 23.7 Å². The minimum Gasteiger partial charge on any atom is -0.463 e. The van der Waals surface area contributed by atoms with Crippen LogP contribution in [-0.2, 0) is 28.7 Å². The zero-order chi connectivity index (χ0) is 30.9. The standard InChI is InChI=1S/C33H43N3O7/c1-20(2)17-23(18-37)36-29-32(41)35(21(3)4)16-10-6-9-13-26(38)42-19-24(22-11-7-5-8-12-22)34-30(39)27-25-14-15-33(29,43-25)28(27)31(36)40/h5-8,10-12,14-15,20-21,23-25,27-29,37H,9,13,16-19H2,1-4H3,(H,34,39)/b10-6-/t23-,24+,25+,27-,28-,29+,33-/m1/s1. The highest BCUT2D eigenvalue weighted by molar-refractivity contribution is 6.00. The predicted octanol–water partition coefficient (Wildman–Crippen LogP) is 2.53. The summed E-state index contributed by atoms with van der Waals surface area (Å²) < 4.78 is 12.1. The number of esters is 1. The van der Waals surface area contributed by atoms with E-state index in [1.54, 1.807) is 17.1 Å². The molecular formula is C33H43N3O7. The van der Waals surface area contributed by atoms with E-state index in [0.717, 1.165) is 5.56 Å². The molecule has 0 saturated carbocycles. The number of cyclic esters (lactones) is 1. The summed E-state index contributed by atoms with van der Waals surface area (Å²) in [6.07, 6.45) is 7.64. The van der Waals surface area contributed by atoms with Gasteiger partial charge in [-0.3, -0.25) is 19.2 Å². The number of benzene rings is 1. The Morgan fingerprint density at radius 3 is 2.47 bits per heavy atom. The highest BCUT2D eigenvalue weighted by Gasteiger charge is 2.73. The van der Waals surface area contributed by atoms with Crippen LogP contribution in [0.4, 0.5) is 0 Å². The van der Waals surface area contributed by atoms with Crippen LogP contribution in [0.15, 0.2) is 54.6 Å². The number of aliphatic hydroxyl groups excluding tert-OH is 1. The summed E-state index contributed by atoms with van der Waals surface area (Å²) in [6.45, 7) is 7.71. The van der Waals surface area contributed by atoms with Gasteiger partial charge in [0.15, 0.2) is 0 Å². The van der Waals surface area contributed by atoms with E-state index in [9.17, 15) is 24.3 Å². The molecule has 0 aromatic heterocycles. The number of carbonyl (C=O) groups is 4. The van der Waals surface area contributed by atoms with Gasteiger partial charge < -0.3 is 29.7 Å². The number of nitrogens with one attached hydrogen (secondary N) is 1. The Balaban J connectivity index is 1.59. The largest absolute Gasteiger partial charge is 0.463 e. The second-order valence-corrected chi connectivity index (χ2v) is 12.7. The Labute approximate surface area is 253 Å². The smallest absolute Gasteiger partial charge is 0.306 e. The lowest BCUT2D eigenvalue weighted by molar-refractivity contribution is -0.152. The van der Waals surface area contributed by atoms with Crippen molar-refractivity contribution in [2.24, 2.45) is 17.8 Å². The van der Waals surface area contributed by atoms with Crippen LogP contribution in [0.5, 0.6) is 0 Å². The normalized spacial score (nSPS) is 32.8. The lowest BCUT2D eigenvalue weighted by Gasteiger charge is -2.40. The number of likely N-dealkylation sites (tertiary alicyclic amines) is 1. The molecule has 4 heterocycles. The molecule has 3 amide bonds. The first-order valence-electron chi connectivity index (χ1n) is 15.4. The Bertz CT molecular complexity index is 1280. The van der Waals surface area contributed by atoms with Crippen LogP contribution >= 0.6 is 0 Å². The quantitative estimate of drug-likeness (QED) is 0.384. The van der Waals surface area contributed by atoms with Crippen LogP contribution in [0.25, 0.3) is 0 Å². The van der Waals surface area contributed by atoms with E-state index in [1.165, 1.54) is 4.90 Å². The fraction of sp³-hybridized carbons (Fsp3) is 0.576. The molecular weight excluding hydrogens is 550 g/mol. The highest BCUT2D eigenvalue weighted by Crippen LogP contribution is 2.56. The average molecular weight is 594 g/mol. The van der Waals surface area contributed by atoms with Gasteiger partial charge in [-0.25, -0.2) is 0 Å². The van der Waals surface area contributed by atoms with E-state index >= 15 is 0 Å². The molecule has 2 N–H and O–H groups in total. The first-order chi connectivity index (χ1) is 20.6. The number of carbonyl (C=O) groups excluding carboxylic acids is 4. The summed E-state index contributed by atoms with van der Waals surface area (Å²) in [7, 11) is 0. The van der Waals surface area contributed by atoms with Crippen LogP contribution in [0, 0.1) is 17.8 Å². The Kier molecular flexibility index (Phi) is 9.08. The van der Waals surface area contributed by atoms with E-state index in [1.807, 2.05) is 70.2 Å². The van der Waals surface area contributed by atoms with Gasteiger partial charge in [0.25, 0.3) is 0 Å². The minimum absolute atomic E-state index is 0.0640. The molecule has 1 aromatic rings. The zero-order valence-corrected chi connectivity index (χ0v) is 25.3. The van der Waals surface area contributed by atoms with E-state index in [0.29, 0.717) is 12.8 Å². The number of fused-ring (bicyclic) bond motifs is 2. The second-order valence-electron chi connectivity index (χ2n) is 12.7. The van der Waals surface area contributed by atoms with Gasteiger partial charge in [-0.2, -0.15) is 0 Å². The number of hydrogen-bond acceptors (Lipinski definition) is 7. The number of aliphatic hydroxyl groups is 1. The van der Waals surface area contributed by atoms with Crippen LogP contribution < -0.4 is 5.32 Å². The minimum atomic E-state index is -1.34. The maximum absolute atomic E-state index is 14.5. The van der Waals surface area contributed by atoms with Crippen molar-refractivity contribution in [2.75, 3.05) is 19.8 Å². The van der Waals surface area contributed by atoms with Crippen molar-refractivity contribution in [2.45, 2.75) is 82.8 Å². The third-order valence-corrected chi connectivity index (χ3v) is 9.02. The molecule has 232 valence electrons. The molecule has 0 unspecified atom stereocenters. The van der Waals surface area contributed by atoms with Gasteiger partial charge in [-0.05, 0) is 38.2 Å². The van der Waals surface area contributed by atoms with E-state index in [2.05, 4.69) is 5.32 Å². The van der Waals surface area contributed by atoms with Gasteiger partial charge in [-0.1, -0.05) is 68.5 Å². The third-order valence-electron chi connectivity index (χ3n) is 9.02. The zero-order valence-electron chi connectivity index (χ0n) is 25.3. The van der Waals surface area contributed by atoms with Crippen molar-refractivity contribution in [3.8, 4) is 0 Å². The van der Waals surface area contributed by atoms with Crippen LogP contribution in [0.2, 0.25) is 0 Å². The van der Waals surface area contributed by atoms with E-state index in [-0.39, 0.29) is 50.0 Å². The molecule has 2 saturated heterocycles. The lowest BCUT2D eigenvalue weighted by Crippen LogP contribution is -2.59. The molecule has 1 spiro atoms. The van der Waals surface area contributed by atoms with Crippen molar-refractivity contribution in [1.82, 2.24) is 15.1 Å². The molecule has 10 nitrogen and oxygen atoms in total. The Morgan fingerprint density at radius 1 is 1.05 bits per heavy atom. The molecule has 1 aromatic carbocycles. The van der Waals surface area contributed by atoms with Crippen LogP contribution in [-0.4, -0.2) is 88.2 Å². The fourth-order valence-electron chi connectivity index (χ4n) is 7.04. The molecule has 10 heteroatoms. The SMILES string of the molecule is CC(C)C[C@H](CO)N1C(=O)[C@H]2[C@@H]3C(=O)N[C@H](c4ccccc4)COC(=O)CC/C=C\CN(C(C)C)C(=O)[C@H]1[C@@]21C=C[C@@H]3O1. The second kappa shape index (κ2) is 12.6. The topological polar surface area (TPSA) is 125 Å². The van der Waals surface area contributed by atoms with Crippen LogP contribution in [0.3, 0.4) is 0 Å². The van der Waals surface area contributed by atoms with Gasteiger partial charge in [0.1, 0.15) is 18.2 Å². The van der Waals surface area contributed by atoms with Gasteiger partial charge in [0.2, 0.25) is 17.7 Å². The number of amides is 3. The van der Waals surface area contributed by atoms with Crippen molar-refractivity contribution in [3.63, 3.8) is 0 Å². The van der Waals surface area contributed by atoms with Crippen molar-refractivity contribution in [1.29, 1.82) is 0 Å². The van der Waals surface area contributed by atoms with Gasteiger partial charge >= 0.3 is 5.97 Å². The van der Waals surface area contributed by atoms with Gasteiger partial charge in [0, 0.05) is 19.0 Å². The Hall–Kier alpha value is -3.50. The lowest BCUT2D eigenvalue weighted by atomic mass is 9.74. The number of rotatable bonds is 6. The predicted molar refractivity (Wildman–Crippen MR) is 158 cm³/mol. The van der Waals surface area contributed by atoms with Gasteiger partial charge in [0.05, 0.1) is 36.6 Å². The number of nitrogens with zero attached hydrogens (tertiary/aromatic N) is 2. The molecule has 0 aliphatic carbocycles. The summed E-state index contributed by atoms with van der Waals surface area (Å²) in [5.41, 5.74) is -0.585.